The first-order chi connectivity index (χ1) is 8.06. The van der Waals surface area contributed by atoms with Gasteiger partial charge in [-0.15, -0.1) is 5.10 Å². The highest BCUT2D eigenvalue weighted by Gasteiger charge is 2.22. The van der Waals surface area contributed by atoms with Crippen LogP contribution in [0, 0.1) is 16.0 Å². The molecule has 1 aliphatic heterocycles. The molecule has 0 bridgehead atoms. The zero-order chi connectivity index (χ0) is 12.4. The second kappa shape index (κ2) is 4.70. The molecule has 2 heterocycles. The lowest BCUT2D eigenvalue weighted by Crippen LogP contribution is -2.19. The lowest BCUT2D eigenvalue weighted by molar-refractivity contribution is -0.384. The number of nitrogens with one attached hydrogen (secondary N) is 1. The first-order valence-corrected chi connectivity index (χ1v) is 5.66. The molecule has 0 radical (unpaired) electrons. The zero-order valence-electron chi connectivity index (χ0n) is 10.1. The molecule has 7 nitrogen and oxygen atoms in total. The quantitative estimate of drug-likeness (QED) is 0.618. The predicted molar refractivity (Wildman–Crippen MR) is 64.0 cm³/mol. The number of aromatic nitrogens is 2. The molecule has 0 aliphatic carbocycles. The Hall–Kier alpha value is -1.63. The van der Waals surface area contributed by atoms with Gasteiger partial charge in [-0.1, -0.05) is 0 Å². The number of hydrogen-bond donors (Lipinski definition) is 1. The van der Waals surface area contributed by atoms with E-state index in [0.29, 0.717) is 11.7 Å². The fourth-order valence-electron chi connectivity index (χ4n) is 2.17. The second-order valence-electron chi connectivity index (χ2n) is 4.59. The number of nitro groups is 1. The fraction of sp³-hybridized carbons (Fsp3) is 0.700. The van der Waals surface area contributed by atoms with E-state index in [0.717, 1.165) is 26.1 Å². The monoisotopic (exact) mass is 239 g/mol. The third-order valence-corrected chi connectivity index (χ3v) is 3.05. The van der Waals surface area contributed by atoms with Crippen molar-refractivity contribution in [1.29, 1.82) is 0 Å². The molecular formula is C10H17N5O2. The van der Waals surface area contributed by atoms with E-state index < -0.39 is 4.92 Å². The van der Waals surface area contributed by atoms with Crippen molar-refractivity contribution in [1.82, 2.24) is 14.7 Å². The smallest absolute Gasteiger partial charge is 0.330 e. The topological polar surface area (TPSA) is 76.2 Å². The van der Waals surface area contributed by atoms with E-state index in [4.69, 9.17) is 0 Å². The maximum atomic E-state index is 10.8. The van der Waals surface area contributed by atoms with Gasteiger partial charge in [0.1, 0.15) is 6.20 Å². The zero-order valence-corrected chi connectivity index (χ0v) is 10.1. The van der Waals surface area contributed by atoms with Gasteiger partial charge in [-0.25, -0.2) is 0 Å². The van der Waals surface area contributed by atoms with Gasteiger partial charge < -0.3 is 10.2 Å². The van der Waals surface area contributed by atoms with Crippen molar-refractivity contribution in [2.45, 2.75) is 6.42 Å². The van der Waals surface area contributed by atoms with Crippen molar-refractivity contribution in [2.75, 3.05) is 32.0 Å². The molecule has 1 N–H and O–H groups in total. The van der Waals surface area contributed by atoms with Gasteiger partial charge in [0.05, 0.1) is 4.92 Å². The van der Waals surface area contributed by atoms with Gasteiger partial charge in [0.2, 0.25) is 5.82 Å². The van der Waals surface area contributed by atoms with Crippen LogP contribution < -0.4 is 5.32 Å². The number of anilines is 1. The van der Waals surface area contributed by atoms with E-state index in [1.54, 1.807) is 7.05 Å². The molecule has 7 heteroatoms. The van der Waals surface area contributed by atoms with E-state index in [1.807, 2.05) is 0 Å². The van der Waals surface area contributed by atoms with Crippen LogP contribution in [-0.2, 0) is 7.05 Å². The summed E-state index contributed by atoms with van der Waals surface area (Å²) in [4.78, 5) is 12.6. The molecule has 1 saturated heterocycles. The Balaban J connectivity index is 1.96. The van der Waals surface area contributed by atoms with Crippen LogP contribution in [-0.4, -0.2) is 46.3 Å². The summed E-state index contributed by atoms with van der Waals surface area (Å²) in [6.07, 6.45) is 2.55. The van der Waals surface area contributed by atoms with Crippen LogP contribution >= 0.6 is 0 Å². The highest BCUT2D eigenvalue weighted by atomic mass is 16.6. The predicted octanol–water partition coefficient (Wildman–Crippen LogP) is 0.692. The van der Waals surface area contributed by atoms with Gasteiger partial charge in [-0.3, -0.25) is 14.8 Å². The average Bonchev–Trinajstić information content (AvgIpc) is 2.82. The Morgan fingerprint density at radius 3 is 3.00 bits per heavy atom. The number of hydrogen-bond acceptors (Lipinski definition) is 5. The van der Waals surface area contributed by atoms with Crippen LogP contribution in [0.1, 0.15) is 6.42 Å². The van der Waals surface area contributed by atoms with Gasteiger partial charge in [-0.05, 0) is 25.9 Å². The fourth-order valence-corrected chi connectivity index (χ4v) is 2.17. The molecule has 1 unspecified atom stereocenters. The van der Waals surface area contributed by atoms with Gasteiger partial charge in [-0.2, -0.15) is 0 Å². The third kappa shape index (κ3) is 2.73. The molecule has 17 heavy (non-hydrogen) atoms. The molecule has 1 aliphatic rings. The second-order valence-corrected chi connectivity index (χ2v) is 4.59. The van der Waals surface area contributed by atoms with Crippen LogP contribution in [0.2, 0.25) is 0 Å². The SMILES string of the molecule is CN1CCC(CNc2nn(C)cc2[N+](=O)[O-])C1. The first-order valence-electron chi connectivity index (χ1n) is 5.66. The highest BCUT2D eigenvalue weighted by Crippen LogP contribution is 2.22. The molecular weight excluding hydrogens is 222 g/mol. The normalized spacial score (nSPS) is 20.7. The summed E-state index contributed by atoms with van der Waals surface area (Å²) < 4.78 is 1.46. The standard InChI is InChI=1S/C10H17N5O2/c1-13-4-3-8(6-13)5-11-10-9(15(16)17)7-14(2)12-10/h7-8H,3-6H2,1-2H3,(H,11,12). The first kappa shape index (κ1) is 11.8. The highest BCUT2D eigenvalue weighted by molar-refractivity contribution is 5.54. The van der Waals surface area contributed by atoms with Gasteiger partial charge in [0.15, 0.2) is 0 Å². The number of rotatable bonds is 4. The molecule has 2 rings (SSSR count). The Labute approximate surface area is 99.6 Å². The maximum Gasteiger partial charge on any atom is 0.330 e. The van der Waals surface area contributed by atoms with Crippen molar-refractivity contribution >= 4 is 11.5 Å². The van der Waals surface area contributed by atoms with Gasteiger partial charge >= 0.3 is 5.69 Å². The Kier molecular flexibility index (Phi) is 3.28. The van der Waals surface area contributed by atoms with Crippen LogP contribution in [0.5, 0.6) is 0 Å². The largest absolute Gasteiger partial charge is 0.363 e. The average molecular weight is 239 g/mol. The maximum absolute atomic E-state index is 10.8. The molecule has 1 aromatic rings. The van der Waals surface area contributed by atoms with Crippen LogP contribution in [0.4, 0.5) is 11.5 Å². The van der Waals surface area contributed by atoms with E-state index in [9.17, 15) is 10.1 Å². The molecule has 94 valence electrons. The molecule has 1 atom stereocenters. The van der Waals surface area contributed by atoms with Crippen molar-refractivity contribution < 1.29 is 4.92 Å². The molecule has 1 fully saturated rings. The van der Waals surface area contributed by atoms with E-state index in [2.05, 4.69) is 22.4 Å². The number of aryl methyl sites for hydroxylation is 1. The summed E-state index contributed by atoms with van der Waals surface area (Å²) in [5.41, 5.74) is 0.0406. The molecule has 0 spiro atoms. The van der Waals surface area contributed by atoms with Crippen molar-refractivity contribution in [3.8, 4) is 0 Å². The minimum Gasteiger partial charge on any atom is -0.363 e. The third-order valence-electron chi connectivity index (χ3n) is 3.05. The van der Waals surface area contributed by atoms with E-state index in [-0.39, 0.29) is 5.69 Å². The summed E-state index contributed by atoms with van der Waals surface area (Å²) in [5.74, 6) is 0.911. The van der Waals surface area contributed by atoms with Crippen LogP contribution in [0.15, 0.2) is 6.20 Å². The summed E-state index contributed by atoms with van der Waals surface area (Å²) in [5, 5.41) is 17.9. The summed E-state index contributed by atoms with van der Waals surface area (Å²) in [7, 11) is 3.77. The summed E-state index contributed by atoms with van der Waals surface area (Å²) in [6.45, 7) is 2.87. The van der Waals surface area contributed by atoms with Gasteiger partial charge in [0.25, 0.3) is 0 Å². The van der Waals surface area contributed by atoms with E-state index in [1.165, 1.54) is 10.9 Å². The molecule has 0 aromatic carbocycles. The Morgan fingerprint density at radius 1 is 1.65 bits per heavy atom. The lowest BCUT2D eigenvalue weighted by atomic mass is 10.1. The minimum absolute atomic E-state index is 0.0406. The van der Waals surface area contributed by atoms with Crippen LogP contribution in [0.25, 0.3) is 0 Å². The van der Waals surface area contributed by atoms with Gasteiger partial charge in [0, 0.05) is 20.1 Å². The Morgan fingerprint density at radius 2 is 2.41 bits per heavy atom. The van der Waals surface area contributed by atoms with Crippen molar-refractivity contribution in [3.05, 3.63) is 16.3 Å². The lowest BCUT2D eigenvalue weighted by Gasteiger charge is -2.10. The van der Waals surface area contributed by atoms with Crippen molar-refractivity contribution in [3.63, 3.8) is 0 Å². The molecule has 0 saturated carbocycles. The molecule has 0 amide bonds. The summed E-state index contributed by atoms with van der Waals surface area (Å²) >= 11 is 0. The number of nitrogens with zero attached hydrogens (tertiary/aromatic N) is 4. The number of likely N-dealkylation sites (tertiary alicyclic amines) is 1. The Bertz CT molecular complexity index is 417. The van der Waals surface area contributed by atoms with Crippen molar-refractivity contribution in [2.24, 2.45) is 13.0 Å². The minimum atomic E-state index is -0.407. The molecule has 1 aromatic heterocycles. The van der Waals surface area contributed by atoms with Crippen LogP contribution in [0.3, 0.4) is 0 Å². The van der Waals surface area contributed by atoms with E-state index >= 15 is 0 Å². The summed E-state index contributed by atoms with van der Waals surface area (Å²) in [6, 6.07) is 0.